The lowest BCUT2D eigenvalue weighted by atomic mass is 9.99. The van der Waals surface area contributed by atoms with E-state index in [1.54, 1.807) is 23.9 Å². The van der Waals surface area contributed by atoms with Gasteiger partial charge in [-0.3, -0.25) is 24.7 Å². The first-order valence-electron chi connectivity index (χ1n) is 20.2. The largest absolute Gasteiger partial charge is 0.376 e. The van der Waals surface area contributed by atoms with Crippen molar-refractivity contribution in [3.05, 3.63) is 148 Å². The summed E-state index contributed by atoms with van der Waals surface area (Å²) < 4.78 is 29.1. The average molecular weight is 870 g/mol. The summed E-state index contributed by atoms with van der Waals surface area (Å²) in [5.41, 5.74) is 4.46. The maximum absolute atomic E-state index is 13.5. The molecule has 0 aliphatic carbocycles. The highest BCUT2D eigenvalue weighted by Gasteiger charge is 2.26. The number of nitro groups is 1. The number of nitro benzene ring substituents is 1. The SMILES string of the molecule is CC(C)N(CC[C@H](CSc1ccccc1)Nc1ccc(S(=O)(=O)NC(=O)c2ccc(N3CCN(Cc4ccccc4-c4ccc(Cl)cc4)CC3)cc2)cc1[N+](=O)[O-])C(C)C. The third kappa shape index (κ3) is 11.9. The highest BCUT2D eigenvalue weighted by atomic mass is 35.5. The number of anilines is 2. The zero-order chi connectivity index (χ0) is 42.8. The fourth-order valence-corrected chi connectivity index (χ4v) is 9.65. The molecule has 316 valence electrons. The van der Waals surface area contributed by atoms with Crippen LogP contribution < -0.4 is 14.9 Å². The summed E-state index contributed by atoms with van der Waals surface area (Å²) in [6, 6.07) is 37.2. The molecule has 1 heterocycles. The Morgan fingerprint density at radius 3 is 2.15 bits per heavy atom. The van der Waals surface area contributed by atoms with Crippen LogP contribution in [0.15, 0.2) is 131 Å². The van der Waals surface area contributed by atoms with Gasteiger partial charge in [0.1, 0.15) is 5.69 Å². The molecule has 1 aliphatic rings. The summed E-state index contributed by atoms with van der Waals surface area (Å²) in [4.78, 5) is 32.7. The van der Waals surface area contributed by atoms with Crippen molar-refractivity contribution in [3.63, 3.8) is 0 Å². The van der Waals surface area contributed by atoms with Gasteiger partial charge in [0.05, 0.1) is 9.82 Å². The maximum Gasteiger partial charge on any atom is 0.293 e. The first-order valence-corrected chi connectivity index (χ1v) is 23.1. The van der Waals surface area contributed by atoms with Crippen molar-refractivity contribution in [1.29, 1.82) is 0 Å². The number of carbonyl (C=O) groups is 1. The maximum atomic E-state index is 13.5. The molecule has 14 heteroatoms. The smallest absolute Gasteiger partial charge is 0.293 e. The van der Waals surface area contributed by atoms with Gasteiger partial charge >= 0.3 is 0 Å². The number of sulfonamides is 1. The lowest BCUT2D eigenvalue weighted by Crippen LogP contribution is -2.46. The van der Waals surface area contributed by atoms with Crippen molar-refractivity contribution in [3.8, 4) is 11.1 Å². The van der Waals surface area contributed by atoms with E-state index in [9.17, 15) is 23.3 Å². The van der Waals surface area contributed by atoms with E-state index < -0.39 is 20.9 Å². The van der Waals surface area contributed by atoms with Crippen LogP contribution in [0.1, 0.15) is 50.0 Å². The highest BCUT2D eigenvalue weighted by molar-refractivity contribution is 7.99. The first-order chi connectivity index (χ1) is 28.8. The van der Waals surface area contributed by atoms with Crippen molar-refractivity contribution in [2.75, 3.05) is 48.7 Å². The Balaban J connectivity index is 1.07. The zero-order valence-corrected chi connectivity index (χ0v) is 36.8. The topological polar surface area (TPSA) is 128 Å². The van der Waals surface area contributed by atoms with Crippen molar-refractivity contribution >= 4 is 56.4 Å². The van der Waals surface area contributed by atoms with Crippen LogP contribution in [0, 0.1) is 10.1 Å². The Morgan fingerprint density at radius 1 is 0.850 bits per heavy atom. The quantitative estimate of drug-likeness (QED) is 0.0500. The first kappa shape index (κ1) is 44.6. The third-order valence-corrected chi connectivity index (χ3v) is 13.5. The molecule has 0 radical (unpaired) electrons. The van der Waals surface area contributed by atoms with E-state index in [0.29, 0.717) is 29.3 Å². The number of benzene rings is 5. The number of halogens is 1. The molecule has 0 bridgehead atoms. The molecule has 1 fully saturated rings. The van der Waals surface area contributed by atoms with E-state index in [1.807, 2.05) is 72.8 Å². The van der Waals surface area contributed by atoms with E-state index in [4.69, 9.17) is 11.6 Å². The monoisotopic (exact) mass is 868 g/mol. The molecule has 0 aromatic heterocycles. The molecule has 0 saturated carbocycles. The van der Waals surface area contributed by atoms with E-state index in [1.165, 1.54) is 23.3 Å². The van der Waals surface area contributed by atoms with Crippen LogP contribution in [0.5, 0.6) is 0 Å². The van der Waals surface area contributed by atoms with Crippen LogP contribution in [0.2, 0.25) is 5.02 Å². The predicted molar refractivity (Wildman–Crippen MR) is 245 cm³/mol. The number of rotatable bonds is 18. The number of piperazine rings is 1. The predicted octanol–water partition coefficient (Wildman–Crippen LogP) is 9.44. The van der Waals surface area contributed by atoms with Gasteiger partial charge in [0.15, 0.2) is 0 Å². The Bertz CT molecular complexity index is 2310. The average Bonchev–Trinajstić information content (AvgIpc) is 3.23. The number of amides is 1. The Hall–Kier alpha value is -4.92. The minimum atomic E-state index is -4.45. The minimum Gasteiger partial charge on any atom is -0.376 e. The number of carbonyl (C=O) groups excluding carboxylic acids is 1. The van der Waals surface area contributed by atoms with Crippen molar-refractivity contribution in [2.45, 2.75) is 68.6 Å². The number of thioether (sulfide) groups is 1. The molecule has 0 unspecified atom stereocenters. The fraction of sp³-hybridized carbons (Fsp3) is 0.326. The fourth-order valence-electron chi connectivity index (χ4n) is 7.54. The van der Waals surface area contributed by atoms with E-state index >= 15 is 0 Å². The third-order valence-electron chi connectivity index (χ3n) is 10.8. The Morgan fingerprint density at radius 2 is 1.50 bits per heavy atom. The van der Waals surface area contributed by atoms with E-state index in [0.717, 1.165) is 61.5 Å². The summed E-state index contributed by atoms with van der Waals surface area (Å²) in [7, 11) is -4.45. The molecule has 1 amide bonds. The van der Waals surface area contributed by atoms with Crippen LogP contribution in [0.4, 0.5) is 17.1 Å². The van der Waals surface area contributed by atoms with Gasteiger partial charge in [0.25, 0.3) is 21.6 Å². The second-order valence-corrected chi connectivity index (χ2v) is 18.7. The van der Waals surface area contributed by atoms with Crippen LogP contribution in [0.3, 0.4) is 0 Å². The van der Waals surface area contributed by atoms with Gasteiger partial charge in [-0.2, -0.15) is 0 Å². The lowest BCUT2D eigenvalue weighted by Gasteiger charge is -2.36. The van der Waals surface area contributed by atoms with E-state index in [2.05, 4.69) is 70.6 Å². The van der Waals surface area contributed by atoms with Gasteiger partial charge in [-0.1, -0.05) is 66.2 Å². The molecular formula is C46H53ClN6O5S2. The van der Waals surface area contributed by atoms with Crippen LogP contribution in [-0.2, 0) is 16.6 Å². The normalized spacial score (nSPS) is 14.1. The number of hydrogen-bond donors (Lipinski definition) is 2. The van der Waals surface area contributed by atoms with Crippen LogP contribution >= 0.6 is 23.4 Å². The summed E-state index contributed by atoms with van der Waals surface area (Å²) in [6.45, 7) is 13.4. The summed E-state index contributed by atoms with van der Waals surface area (Å²) in [5, 5.41) is 16.4. The molecule has 0 spiro atoms. The molecule has 1 atom stereocenters. The molecule has 2 N–H and O–H groups in total. The Kier molecular flexibility index (Phi) is 15.3. The van der Waals surface area contributed by atoms with Gasteiger partial charge in [0.2, 0.25) is 0 Å². The molecule has 60 heavy (non-hydrogen) atoms. The van der Waals surface area contributed by atoms with E-state index in [-0.39, 0.29) is 27.9 Å². The van der Waals surface area contributed by atoms with Crippen LogP contribution in [0.25, 0.3) is 11.1 Å². The second kappa shape index (κ2) is 20.6. The second-order valence-electron chi connectivity index (χ2n) is 15.5. The molecule has 5 aromatic carbocycles. The van der Waals surface area contributed by atoms with Gasteiger partial charge < -0.3 is 10.2 Å². The molecule has 1 aliphatic heterocycles. The number of nitrogens with zero attached hydrogens (tertiary/aromatic N) is 4. The number of hydrogen-bond acceptors (Lipinski definition) is 10. The van der Waals surface area contributed by atoms with Crippen LogP contribution in [-0.4, -0.2) is 85.7 Å². The summed E-state index contributed by atoms with van der Waals surface area (Å²) >= 11 is 7.77. The molecule has 11 nitrogen and oxygen atoms in total. The summed E-state index contributed by atoms with van der Waals surface area (Å²) in [6.07, 6.45) is 0.708. The number of nitrogens with one attached hydrogen (secondary N) is 2. The van der Waals surface area contributed by atoms with Gasteiger partial charge in [-0.15, -0.1) is 11.8 Å². The molecule has 6 rings (SSSR count). The lowest BCUT2D eigenvalue weighted by molar-refractivity contribution is -0.384. The zero-order valence-electron chi connectivity index (χ0n) is 34.5. The molecule has 1 saturated heterocycles. The van der Waals surface area contributed by atoms with Crippen molar-refractivity contribution in [2.24, 2.45) is 0 Å². The summed E-state index contributed by atoms with van der Waals surface area (Å²) in [5.74, 6) is -0.189. The van der Waals surface area contributed by atoms with Crippen molar-refractivity contribution in [1.82, 2.24) is 14.5 Å². The Labute approximate surface area is 363 Å². The van der Waals surface area contributed by atoms with Gasteiger partial charge in [-0.05, 0) is 111 Å². The standard InChI is InChI=1S/C46H53ClN6O5S2/c1-33(2)52(34(3)4)25-24-39(32-59-41-11-6-5-7-12-41)48-44-23-22-42(30-45(44)53(55)56)60(57,58)49-46(54)36-16-20-40(21-17-36)51-28-26-50(27-29-51)31-37-10-8-9-13-43(37)35-14-18-38(47)19-15-35/h5-23,30,33-34,39,48H,24-29,31-32H2,1-4H3,(H,49,54)/t39-/m1/s1. The molecular weight excluding hydrogens is 816 g/mol. The minimum absolute atomic E-state index is 0.156. The molecule has 5 aromatic rings. The van der Waals surface area contributed by atoms with Gasteiger partial charge in [0, 0.05) is 90.4 Å². The van der Waals surface area contributed by atoms with Crippen molar-refractivity contribution < 1.29 is 18.1 Å². The van der Waals surface area contributed by atoms with Gasteiger partial charge in [-0.25, -0.2) is 13.1 Å². The highest BCUT2D eigenvalue weighted by Crippen LogP contribution is 2.31.